The molecule has 1 fully saturated rings. The topological polar surface area (TPSA) is 79.8 Å². The van der Waals surface area contributed by atoms with E-state index in [9.17, 15) is 13.2 Å². The second-order valence-electron chi connectivity index (χ2n) is 7.11. The molecule has 1 aromatic carbocycles. The number of amides is 1. The van der Waals surface area contributed by atoms with Gasteiger partial charge in [-0.1, -0.05) is 17.7 Å². The van der Waals surface area contributed by atoms with Gasteiger partial charge in [-0.25, -0.2) is 12.7 Å². The van der Waals surface area contributed by atoms with Gasteiger partial charge in [0.25, 0.3) is 5.91 Å². The van der Waals surface area contributed by atoms with E-state index in [0.29, 0.717) is 19.7 Å². The first-order chi connectivity index (χ1) is 13.8. The number of carbonyl (C=O) groups excluding carboxylic acids is 1. The van der Waals surface area contributed by atoms with Crippen LogP contribution in [-0.2, 0) is 21.3 Å². The molecule has 0 saturated carbocycles. The molecule has 1 unspecified atom stereocenters. The summed E-state index contributed by atoms with van der Waals surface area (Å²) in [5.74, 6) is -0.342. The van der Waals surface area contributed by atoms with Crippen molar-refractivity contribution in [1.29, 1.82) is 0 Å². The Kier molecular flexibility index (Phi) is 6.89. The number of pyridine rings is 1. The summed E-state index contributed by atoms with van der Waals surface area (Å²) in [6.45, 7) is 1.40. The predicted octanol–water partition coefficient (Wildman–Crippen LogP) is 2.81. The summed E-state index contributed by atoms with van der Waals surface area (Å²) in [5.41, 5.74) is 1.02. The molecule has 1 saturated heterocycles. The molecule has 2 heterocycles. The van der Waals surface area contributed by atoms with Crippen molar-refractivity contribution in [1.82, 2.24) is 14.2 Å². The minimum Gasteiger partial charge on any atom is -0.376 e. The van der Waals surface area contributed by atoms with Crippen molar-refractivity contribution in [2.45, 2.75) is 30.4 Å². The zero-order valence-corrected chi connectivity index (χ0v) is 18.0. The van der Waals surface area contributed by atoms with E-state index in [2.05, 4.69) is 4.98 Å². The van der Waals surface area contributed by atoms with Crippen LogP contribution >= 0.6 is 11.6 Å². The minimum atomic E-state index is -3.69. The molecule has 0 spiro atoms. The molecule has 0 bridgehead atoms. The van der Waals surface area contributed by atoms with E-state index < -0.39 is 10.0 Å². The van der Waals surface area contributed by atoms with Crippen LogP contribution in [0.2, 0.25) is 5.02 Å². The summed E-state index contributed by atoms with van der Waals surface area (Å²) in [6.07, 6.45) is 5.14. The van der Waals surface area contributed by atoms with Crippen LogP contribution in [0.5, 0.6) is 0 Å². The smallest absolute Gasteiger partial charge is 0.255 e. The molecule has 3 rings (SSSR count). The molecular formula is C20H24ClN3O4S. The van der Waals surface area contributed by atoms with Gasteiger partial charge in [-0.05, 0) is 42.7 Å². The van der Waals surface area contributed by atoms with Crippen LogP contribution in [0, 0.1) is 0 Å². The van der Waals surface area contributed by atoms with Gasteiger partial charge in [-0.3, -0.25) is 9.78 Å². The minimum absolute atomic E-state index is 0.0219. The lowest BCUT2D eigenvalue weighted by Crippen LogP contribution is -2.37. The van der Waals surface area contributed by atoms with Crippen molar-refractivity contribution in [3.8, 4) is 0 Å². The number of hydrogen-bond donors (Lipinski definition) is 0. The lowest BCUT2D eigenvalue weighted by molar-refractivity contribution is 0.0507. The van der Waals surface area contributed by atoms with Gasteiger partial charge in [0.2, 0.25) is 10.0 Å². The maximum Gasteiger partial charge on any atom is 0.255 e. The van der Waals surface area contributed by atoms with Crippen LogP contribution in [0.3, 0.4) is 0 Å². The van der Waals surface area contributed by atoms with Gasteiger partial charge in [0.15, 0.2) is 0 Å². The molecule has 1 aliphatic rings. The van der Waals surface area contributed by atoms with Gasteiger partial charge in [0.1, 0.15) is 0 Å². The Bertz CT molecular complexity index is 961. The number of sulfonamides is 1. The Morgan fingerprint density at radius 1 is 1.31 bits per heavy atom. The van der Waals surface area contributed by atoms with E-state index >= 15 is 0 Å². The molecule has 0 aliphatic carbocycles. The molecule has 1 amide bonds. The molecular weight excluding hydrogens is 414 g/mol. The molecule has 29 heavy (non-hydrogen) atoms. The van der Waals surface area contributed by atoms with Gasteiger partial charge in [0.05, 0.1) is 21.6 Å². The number of carbonyl (C=O) groups is 1. The molecule has 1 atom stereocenters. The third-order valence-electron chi connectivity index (χ3n) is 4.78. The maximum absolute atomic E-state index is 13.4. The van der Waals surface area contributed by atoms with Crippen LogP contribution < -0.4 is 0 Å². The quantitative estimate of drug-likeness (QED) is 0.665. The zero-order chi connectivity index (χ0) is 21.0. The first-order valence-corrected chi connectivity index (χ1v) is 11.1. The monoisotopic (exact) mass is 437 g/mol. The summed E-state index contributed by atoms with van der Waals surface area (Å²) in [5, 5.41) is 0.205. The summed E-state index contributed by atoms with van der Waals surface area (Å²) >= 11 is 6.28. The third kappa shape index (κ3) is 5.14. The van der Waals surface area contributed by atoms with Crippen LogP contribution in [0.1, 0.15) is 28.8 Å². The highest BCUT2D eigenvalue weighted by molar-refractivity contribution is 7.89. The number of hydrogen-bond acceptors (Lipinski definition) is 5. The van der Waals surface area contributed by atoms with E-state index in [1.165, 1.54) is 32.3 Å². The lowest BCUT2D eigenvalue weighted by atomic mass is 10.1. The zero-order valence-electron chi connectivity index (χ0n) is 16.4. The fourth-order valence-corrected chi connectivity index (χ4v) is 4.30. The maximum atomic E-state index is 13.4. The van der Waals surface area contributed by atoms with E-state index in [0.717, 1.165) is 22.7 Å². The Hall–Kier alpha value is -2.00. The van der Waals surface area contributed by atoms with Crippen LogP contribution in [0.15, 0.2) is 47.6 Å². The van der Waals surface area contributed by atoms with E-state index in [1.54, 1.807) is 23.4 Å². The molecule has 2 aromatic rings. The highest BCUT2D eigenvalue weighted by Crippen LogP contribution is 2.25. The average molecular weight is 438 g/mol. The summed E-state index contributed by atoms with van der Waals surface area (Å²) in [7, 11) is -0.803. The number of benzene rings is 1. The van der Waals surface area contributed by atoms with Gasteiger partial charge >= 0.3 is 0 Å². The standard InChI is InChI=1S/C20H24ClN3O4S/c1-23(2)29(26,27)17-7-8-19(21)18(11-17)20(25)24(14-16-6-4-10-28-16)13-15-5-3-9-22-12-15/h3,5,7-9,11-12,16H,4,6,10,13-14H2,1-2H3. The van der Waals surface area contributed by atoms with E-state index in [4.69, 9.17) is 16.3 Å². The van der Waals surface area contributed by atoms with Gasteiger partial charge in [-0.15, -0.1) is 0 Å². The van der Waals surface area contributed by atoms with Crippen molar-refractivity contribution in [3.63, 3.8) is 0 Å². The molecule has 156 valence electrons. The van der Waals surface area contributed by atoms with Crippen LogP contribution in [0.4, 0.5) is 0 Å². The highest BCUT2D eigenvalue weighted by atomic mass is 35.5. The number of ether oxygens (including phenoxy) is 1. The molecule has 1 aromatic heterocycles. The predicted molar refractivity (Wildman–Crippen MR) is 110 cm³/mol. The Morgan fingerprint density at radius 3 is 2.72 bits per heavy atom. The SMILES string of the molecule is CN(C)S(=O)(=O)c1ccc(Cl)c(C(=O)N(Cc2cccnc2)CC2CCCO2)c1. The summed E-state index contributed by atoms with van der Waals surface area (Å²) in [4.78, 5) is 19.1. The summed E-state index contributed by atoms with van der Waals surface area (Å²) in [6, 6.07) is 7.88. The number of rotatable bonds is 7. The Balaban J connectivity index is 1.93. The van der Waals surface area contributed by atoms with Crippen LogP contribution in [-0.4, -0.2) is 61.9 Å². The van der Waals surface area contributed by atoms with Crippen molar-refractivity contribution in [2.24, 2.45) is 0 Å². The normalized spacial score (nSPS) is 16.9. The summed E-state index contributed by atoms with van der Waals surface area (Å²) < 4.78 is 31.8. The largest absolute Gasteiger partial charge is 0.376 e. The fraction of sp³-hybridized carbons (Fsp3) is 0.400. The third-order valence-corrected chi connectivity index (χ3v) is 6.92. The number of halogens is 1. The van der Waals surface area contributed by atoms with Crippen molar-refractivity contribution >= 4 is 27.5 Å². The van der Waals surface area contributed by atoms with Gasteiger partial charge < -0.3 is 9.64 Å². The second-order valence-corrected chi connectivity index (χ2v) is 9.67. The lowest BCUT2D eigenvalue weighted by Gasteiger charge is -2.26. The Morgan fingerprint density at radius 2 is 2.10 bits per heavy atom. The first kappa shape index (κ1) is 21.7. The average Bonchev–Trinajstić information content (AvgIpc) is 3.21. The number of aromatic nitrogens is 1. The molecule has 9 heteroatoms. The van der Waals surface area contributed by atoms with E-state index in [1.807, 2.05) is 6.07 Å². The second kappa shape index (κ2) is 9.21. The molecule has 7 nitrogen and oxygen atoms in total. The molecule has 0 N–H and O–H groups in total. The first-order valence-electron chi connectivity index (χ1n) is 9.31. The van der Waals surface area contributed by atoms with Crippen molar-refractivity contribution < 1.29 is 17.9 Å². The van der Waals surface area contributed by atoms with Crippen molar-refractivity contribution in [2.75, 3.05) is 27.2 Å². The fourth-order valence-electron chi connectivity index (χ4n) is 3.18. The highest BCUT2D eigenvalue weighted by Gasteiger charge is 2.27. The molecule has 1 aliphatic heterocycles. The van der Waals surface area contributed by atoms with Crippen LogP contribution in [0.25, 0.3) is 0 Å². The molecule has 0 radical (unpaired) electrons. The Labute approximate surface area is 176 Å². The number of nitrogens with zero attached hydrogens (tertiary/aromatic N) is 3. The van der Waals surface area contributed by atoms with Gasteiger partial charge in [-0.2, -0.15) is 0 Å². The van der Waals surface area contributed by atoms with Gasteiger partial charge in [0, 0.05) is 46.2 Å². The van der Waals surface area contributed by atoms with Crippen molar-refractivity contribution in [3.05, 3.63) is 58.9 Å². The van der Waals surface area contributed by atoms with E-state index in [-0.39, 0.29) is 27.5 Å².